The molecule has 0 saturated carbocycles. The number of hydrogen-bond acceptors (Lipinski definition) is 4. The third-order valence-electron chi connectivity index (χ3n) is 7.79. The Kier molecular flexibility index (Phi) is 6.98. The largest absolute Gasteiger partial charge is 0.384 e. The van der Waals surface area contributed by atoms with Crippen LogP contribution in [-0.2, 0) is 21.7 Å². The fourth-order valence-electron chi connectivity index (χ4n) is 5.77. The van der Waals surface area contributed by atoms with Crippen molar-refractivity contribution in [2.45, 2.75) is 38.3 Å². The van der Waals surface area contributed by atoms with Crippen LogP contribution in [0.2, 0.25) is 0 Å². The summed E-state index contributed by atoms with van der Waals surface area (Å²) in [6.07, 6.45) is 0.709. The van der Waals surface area contributed by atoms with Crippen molar-refractivity contribution < 1.29 is 14.0 Å². The van der Waals surface area contributed by atoms with Crippen molar-refractivity contribution in [2.24, 2.45) is 5.92 Å². The standard InChI is InChI=1S/C30H33FN4O2/c1-3-32-26-17-22(31)16-25-27(26)34-29(37)30(25,2)35-15-14-23(21-12-8-5-9-13-21)24(19-35)28(36)33-18-20-10-6-4-7-11-20/h4-13,16-17,23-24,32H,3,14-15,18-19H2,1-2H3,(H,33,36)(H,34,37)/t23-,24-,30-/m0/s1. The monoisotopic (exact) mass is 500 g/mol. The van der Waals surface area contributed by atoms with Crippen LogP contribution < -0.4 is 16.0 Å². The molecule has 3 N–H and O–H groups in total. The molecule has 0 aromatic heterocycles. The number of rotatable bonds is 7. The highest BCUT2D eigenvalue weighted by Gasteiger charge is 2.51. The number of piperidine rings is 1. The van der Waals surface area contributed by atoms with Crippen molar-refractivity contribution in [1.82, 2.24) is 10.2 Å². The summed E-state index contributed by atoms with van der Waals surface area (Å²) in [6.45, 7) is 5.81. The Morgan fingerprint density at radius 3 is 2.51 bits per heavy atom. The zero-order chi connectivity index (χ0) is 26.0. The second-order valence-electron chi connectivity index (χ2n) is 9.99. The summed E-state index contributed by atoms with van der Waals surface area (Å²) < 4.78 is 14.7. The number of halogens is 1. The molecule has 3 atom stereocenters. The zero-order valence-corrected chi connectivity index (χ0v) is 21.3. The highest BCUT2D eigenvalue weighted by Crippen LogP contribution is 2.47. The Balaban J connectivity index is 1.46. The van der Waals surface area contributed by atoms with Crippen LogP contribution in [0.25, 0.3) is 0 Å². The van der Waals surface area contributed by atoms with Crippen molar-refractivity contribution in [3.8, 4) is 0 Å². The van der Waals surface area contributed by atoms with E-state index in [1.54, 1.807) is 0 Å². The van der Waals surface area contributed by atoms with Gasteiger partial charge in [-0.3, -0.25) is 14.5 Å². The third-order valence-corrected chi connectivity index (χ3v) is 7.79. The van der Waals surface area contributed by atoms with Gasteiger partial charge in [0.1, 0.15) is 11.4 Å². The quantitative estimate of drug-likeness (QED) is 0.434. The molecule has 192 valence electrons. The minimum Gasteiger partial charge on any atom is -0.384 e. The normalized spacial score (nSPS) is 23.3. The lowest BCUT2D eigenvalue weighted by molar-refractivity contribution is -0.134. The predicted molar refractivity (Wildman–Crippen MR) is 144 cm³/mol. The third kappa shape index (κ3) is 4.71. The van der Waals surface area contributed by atoms with Gasteiger partial charge in [0, 0.05) is 31.7 Å². The van der Waals surface area contributed by atoms with Crippen molar-refractivity contribution in [3.63, 3.8) is 0 Å². The second-order valence-corrected chi connectivity index (χ2v) is 9.99. The molecule has 2 aliphatic rings. The number of carbonyl (C=O) groups is 2. The molecule has 37 heavy (non-hydrogen) atoms. The van der Waals surface area contributed by atoms with Gasteiger partial charge >= 0.3 is 0 Å². The maximum atomic E-state index is 14.7. The van der Waals surface area contributed by atoms with Crippen LogP contribution in [0, 0.1) is 11.7 Å². The lowest BCUT2D eigenvalue weighted by atomic mass is 9.77. The molecule has 2 aliphatic heterocycles. The molecule has 0 unspecified atom stereocenters. The molecule has 1 saturated heterocycles. The number of anilines is 2. The highest BCUT2D eigenvalue weighted by atomic mass is 19.1. The molecule has 0 spiro atoms. The Hall–Kier alpha value is -3.71. The number of amides is 2. The first-order valence-corrected chi connectivity index (χ1v) is 12.9. The maximum Gasteiger partial charge on any atom is 0.249 e. The number of nitrogens with zero attached hydrogens (tertiary/aromatic N) is 1. The van der Waals surface area contributed by atoms with E-state index >= 15 is 0 Å². The fourth-order valence-corrected chi connectivity index (χ4v) is 5.77. The molecule has 1 fully saturated rings. The van der Waals surface area contributed by atoms with Crippen LogP contribution in [0.3, 0.4) is 0 Å². The van der Waals surface area contributed by atoms with Crippen molar-refractivity contribution >= 4 is 23.2 Å². The summed E-state index contributed by atoms with van der Waals surface area (Å²) >= 11 is 0. The smallest absolute Gasteiger partial charge is 0.249 e. The van der Waals surface area contributed by atoms with E-state index < -0.39 is 11.4 Å². The lowest BCUT2D eigenvalue weighted by Crippen LogP contribution is -2.56. The van der Waals surface area contributed by atoms with Gasteiger partial charge in [-0.1, -0.05) is 60.7 Å². The summed E-state index contributed by atoms with van der Waals surface area (Å²) in [7, 11) is 0. The average Bonchev–Trinajstić information content (AvgIpc) is 3.19. The Morgan fingerprint density at radius 2 is 1.81 bits per heavy atom. The molecule has 3 aromatic carbocycles. The molecule has 3 aromatic rings. The van der Waals surface area contributed by atoms with Gasteiger partial charge in [-0.05, 0) is 49.4 Å². The van der Waals surface area contributed by atoms with Crippen LogP contribution >= 0.6 is 0 Å². The molecular weight excluding hydrogens is 467 g/mol. The van der Waals surface area contributed by atoms with Gasteiger partial charge in [-0.15, -0.1) is 0 Å². The fraction of sp³-hybridized carbons (Fsp3) is 0.333. The van der Waals surface area contributed by atoms with E-state index in [0.717, 1.165) is 11.1 Å². The molecular formula is C30H33FN4O2. The number of fused-ring (bicyclic) bond motifs is 1. The molecule has 0 bridgehead atoms. The van der Waals surface area contributed by atoms with Gasteiger partial charge in [-0.25, -0.2) is 4.39 Å². The molecule has 7 heteroatoms. The van der Waals surface area contributed by atoms with E-state index in [4.69, 9.17) is 0 Å². The van der Waals surface area contributed by atoms with E-state index in [-0.39, 0.29) is 23.7 Å². The van der Waals surface area contributed by atoms with Gasteiger partial charge in [0.2, 0.25) is 11.8 Å². The number of carbonyl (C=O) groups excluding carboxylic acids is 2. The first-order chi connectivity index (χ1) is 17.9. The summed E-state index contributed by atoms with van der Waals surface area (Å²) in [5.74, 6) is -0.985. The van der Waals surface area contributed by atoms with Crippen LogP contribution in [0.1, 0.15) is 42.9 Å². The van der Waals surface area contributed by atoms with Gasteiger partial charge in [0.15, 0.2) is 0 Å². The second kappa shape index (κ2) is 10.3. The number of benzene rings is 3. The number of hydrogen-bond donors (Lipinski definition) is 3. The molecule has 2 amide bonds. The van der Waals surface area contributed by atoms with Gasteiger partial charge < -0.3 is 16.0 Å². The number of nitrogens with one attached hydrogen (secondary N) is 3. The summed E-state index contributed by atoms with van der Waals surface area (Å²) in [5.41, 5.74) is 2.86. The van der Waals surface area contributed by atoms with Crippen molar-refractivity contribution in [3.05, 3.63) is 95.3 Å². The van der Waals surface area contributed by atoms with Crippen LogP contribution in [0.15, 0.2) is 72.8 Å². The van der Waals surface area contributed by atoms with Gasteiger partial charge in [-0.2, -0.15) is 0 Å². The van der Waals surface area contributed by atoms with Gasteiger partial charge in [0.25, 0.3) is 0 Å². The van der Waals surface area contributed by atoms with Gasteiger partial charge in [0.05, 0.1) is 17.3 Å². The van der Waals surface area contributed by atoms with Crippen LogP contribution in [-0.4, -0.2) is 36.3 Å². The minimum absolute atomic E-state index is 0.0191. The lowest BCUT2D eigenvalue weighted by Gasteiger charge is -2.45. The Morgan fingerprint density at radius 1 is 1.11 bits per heavy atom. The summed E-state index contributed by atoms with van der Waals surface area (Å²) in [5, 5.41) is 9.27. The van der Waals surface area contributed by atoms with Crippen molar-refractivity contribution in [2.75, 3.05) is 30.3 Å². The Labute approximate surface area is 217 Å². The molecule has 0 aliphatic carbocycles. The predicted octanol–water partition coefficient (Wildman–Crippen LogP) is 4.85. The first-order valence-electron chi connectivity index (χ1n) is 12.9. The minimum atomic E-state index is -1.08. The van der Waals surface area contributed by atoms with E-state index in [1.165, 1.54) is 12.1 Å². The SMILES string of the molecule is CCNc1cc(F)cc2c1NC(=O)[C@@]2(C)N1CC[C@@H](c2ccccc2)[C@@H](C(=O)NCc2ccccc2)C1. The molecule has 5 rings (SSSR count). The van der Waals surface area contributed by atoms with E-state index in [2.05, 4.69) is 33.0 Å². The average molecular weight is 501 g/mol. The molecule has 2 heterocycles. The van der Waals surface area contributed by atoms with Crippen molar-refractivity contribution in [1.29, 1.82) is 0 Å². The van der Waals surface area contributed by atoms with E-state index in [0.29, 0.717) is 49.5 Å². The zero-order valence-electron chi connectivity index (χ0n) is 21.3. The van der Waals surface area contributed by atoms with Crippen LogP contribution in [0.5, 0.6) is 0 Å². The summed E-state index contributed by atoms with van der Waals surface area (Å²) in [6, 6.07) is 22.8. The first kappa shape index (κ1) is 25.0. The maximum absolute atomic E-state index is 14.7. The summed E-state index contributed by atoms with van der Waals surface area (Å²) in [4.78, 5) is 29.1. The van der Waals surface area contributed by atoms with E-state index in [9.17, 15) is 14.0 Å². The number of likely N-dealkylation sites (tertiary alicyclic amines) is 1. The Bertz CT molecular complexity index is 1280. The topological polar surface area (TPSA) is 73.5 Å². The molecule has 0 radical (unpaired) electrons. The molecule has 6 nitrogen and oxygen atoms in total. The highest BCUT2D eigenvalue weighted by molar-refractivity contribution is 6.08. The van der Waals surface area contributed by atoms with E-state index in [1.807, 2.05) is 62.4 Å². The van der Waals surface area contributed by atoms with Crippen LogP contribution in [0.4, 0.5) is 15.8 Å².